The average molecular weight is 350 g/mol. The SMILES string of the molecule is COCC1CCC(C=C(C)C2=C(C(=O)O)N3C(=O)[C@H]([C@@H](C)O)[C@H]3C2)N1. The van der Waals surface area contributed by atoms with Crippen LogP contribution in [0.1, 0.15) is 33.1 Å². The van der Waals surface area contributed by atoms with Crippen LogP contribution in [0.2, 0.25) is 0 Å². The number of amides is 1. The molecule has 3 heterocycles. The molecule has 3 N–H and O–H groups in total. The molecule has 0 spiro atoms. The highest BCUT2D eigenvalue weighted by molar-refractivity contribution is 6.00. The fourth-order valence-corrected chi connectivity index (χ4v) is 4.34. The van der Waals surface area contributed by atoms with Gasteiger partial charge in [-0.2, -0.15) is 0 Å². The van der Waals surface area contributed by atoms with Gasteiger partial charge in [0.1, 0.15) is 5.70 Å². The van der Waals surface area contributed by atoms with E-state index >= 15 is 0 Å². The number of carbonyl (C=O) groups excluding carboxylic acids is 1. The molecule has 1 amide bonds. The van der Waals surface area contributed by atoms with Crippen molar-refractivity contribution >= 4 is 11.9 Å². The molecule has 3 rings (SSSR count). The highest BCUT2D eigenvalue weighted by Gasteiger charge is 2.56. The second kappa shape index (κ2) is 6.90. The molecule has 3 aliphatic heterocycles. The van der Waals surface area contributed by atoms with Crippen molar-refractivity contribution in [3.05, 3.63) is 22.9 Å². The molecule has 2 unspecified atom stereocenters. The van der Waals surface area contributed by atoms with E-state index in [4.69, 9.17) is 4.74 Å². The maximum atomic E-state index is 12.2. The van der Waals surface area contributed by atoms with Crippen molar-refractivity contribution in [1.82, 2.24) is 10.2 Å². The second-order valence-electron chi connectivity index (χ2n) is 7.23. The number of aliphatic hydroxyl groups excluding tert-OH is 1. The molecule has 0 aromatic carbocycles. The highest BCUT2D eigenvalue weighted by Crippen LogP contribution is 2.45. The lowest BCUT2D eigenvalue weighted by atomic mass is 9.82. The number of aliphatic carboxylic acids is 1. The summed E-state index contributed by atoms with van der Waals surface area (Å²) < 4.78 is 5.17. The van der Waals surface area contributed by atoms with Crippen LogP contribution in [0.15, 0.2) is 22.9 Å². The van der Waals surface area contributed by atoms with Crippen LogP contribution in [0.25, 0.3) is 0 Å². The normalized spacial score (nSPS) is 33.5. The monoisotopic (exact) mass is 350 g/mol. The van der Waals surface area contributed by atoms with E-state index in [-0.39, 0.29) is 23.7 Å². The summed E-state index contributed by atoms with van der Waals surface area (Å²) in [6, 6.07) is 0.255. The van der Waals surface area contributed by atoms with E-state index in [1.807, 2.05) is 6.92 Å². The summed E-state index contributed by atoms with van der Waals surface area (Å²) >= 11 is 0. The summed E-state index contributed by atoms with van der Waals surface area (Å²) in [7, 11) is 1.68. The van der Waals surface area contributed by atoms with Gasteiger partial charge in [0.05, 0.1) is 24.7 Å². The van der Waals surface area contributed by atoms with E-state index < -0.39 is 18.0 Å². The van der Waals surface area contributed by atoms with Gasteiger partial charge in [-0.25, -0.2) is 4.79 Å². The summed E-state index contributed by atoms with van der Waals surface area (Å²) in [4.78, 5) is 25.3. The van der Waals surface area contributed by atoms with Gasteiger partial charge in [-0.15, -0.1) is 0 Å². The van der Waals surface area contributed by atoms with Crippen molar-refractivity contribution in [3.63, 3.8) is 0 Å². The Labute approximate surface area is 147 Å². The zero-order valence-corrected chi connectivity index (χ0v) is 14.9. The number of hydrogen-bond acceptors (Lipinski definition) is 5. The largest absolute Gasteiger partial charge is 0.477 e. The first-order valence-electron chi connectivity index (χ1n) is 8.76. The molecule has 2 saturated heterocycles. The fraction of sp³-hybridized carbons (Fsp3) is 0.667. The smallest absolute Gasteiger partial charge is 0.352 e. The van der Waals surface area contributed by atoms with Gasteiger partial charge in [-0.3, -0.25) is 4.79 Å². The number of ether oxygens (including phenoxy) is 1. The molecule has 7 nitrogen and oxygen atoms in total. The van der Waals surface area contributed by atoms with Crippen LogP contribution in [-0.2, 0) is 14.3 Å². The molecule has 0 saturated carbocycles. The number of carboxylic acid groups (broad SMARTS) is 1. The van der Waals surface area contributed by atoms with E-state index in [1.54, 1.807) is 14.0 Å². The van der Waals surface area contributed by atoms with E-state index in [0.717, 1.165) is 18.4 Å². The van der Waals surface area contributed by atoms with Gasteiger partial charge in [0.15, 0.2) is 0 Å². The van der Waals surface area contributed by atoms with Crippen LogP contribution in [-0.4, -0.2) is 64.9 Å². The van der Waals surface area contributed by atoms with Gasteiger partial charge in [0.25, 0.3) is 0 Å². The Hall–Kier alpha value is -1.70. The summed E-state index contributed by atoms with van der Waals surface area (Å²) in [5, 5.41) is 22.9. The number of nitrogens with zero attached hydrogens (tertiary/aromatic N) is 1. The van der Waals surface area contributed by atoms with E-state index in [9.17, 15) is 19.8 Å². The third-order valence-corrected chi connectivity index (χ3v) is 5.50. The molecule has 7 heteroatoms. The molecule has 0 bridgehead atoms. The maximum Gasteiger partial charge on any atom is 0.352 e. The Kier molecular flexibility index (Phi) is 4.99. The Morgan fingerprint density at radius 2 is 2.20 bits per heavy atom. The van der Waals surface area contributed by atoms with E-state index in [2.05, 4.69) is 11.4 Å². The van der Waals surface area contributed by atoms with Crippen molar-refractivity contribution in [2.75, 3.05) is 13.7 Å². The number of fused-ring (bicyclic) bond motifs is 1. The van der Waals surface area contributed by atoms with Crippen LogP contribution in [0.5, 0.6) is 0 Å². The number of β-lactam (4-membered cyclic amide) rings is 1. The average Bonchev–Trinajstić information content (AvgIpc) is 3.09. The predicted octanol–water partition coefficient (Wildman–Crippen LogP) is 0.650. The molecule has 3 aliphatic rings. The molecular formula is C18H26N2O5. The quantitative estimate of drug-likeness (QED) is 0.609. The second-order valence-corrected chi connectivity index (χ2v) is 7.23. The molecule has 2 fully saturated rings. The minimum absolute atomic E-state index is 0.0760. The van der Waals surface area contributed by atoms with Crippen molar-refractivity contribution in [2.45, 2.75) is 57.3 Å². The number of methoxy groups -OCH3 is 1. The van der Waals surface area contributed by atoms with Gasteiger partial charge in [-0.05, 0) is 44.3 Å². The number of hydrogen-bond donors (Lipinski definition) is 3. The van der Waals surface area contributed by atoms with Crippen LogP contribution >= 0.6 is 0 Å². The summed E-state index contributed by atoms with van der Waals surface area (Å²) in [6.07, 6.45) is 3.77. The number of carboxylic acids is 1. The number of carbonyl (C=O) groups is 2. The van der Waals surface area contributed by atoms with Gasteiger partial charge >= 0.3 is 5.97 Å². The fourth-order valence-electron chi connectivity index (χ4n) is 4.34. The Bertz CT molecular complexity index is 639. The minimum atomic E-state index is -1.08. The van der Waals surface area contributed by atoms with Gasteiger partial charge in [0, 0.05) is 19.2 Å². The first kappa shape index (κ1) is 18.1. The van der Waals surface area contributed by atoms with Crippen molar-refractivity contribution in [1.29, 1.82) is 0 Å². The maximum absolute atomic E-state index is 12.2. The molecular weight excluding hydrogens is 324 g/mol. The molecule has 0 aliphatic carbocycles. The lowest BCUT2D eigenvalue weighted by Crippen LogP contribution is -2.61. The summed E-state index contributed by atoms with van der Waals surface area (Å²) in [5.74, 6) is -1.88. The number of aliphatic hydroxyl groups is 1. The predicted molar refractivity (Wildman–Crippen MR) is 90.7 cm³/mol. The van der Waals surface area contributed by atoms with Crippen molar-refractivity contribution in [2.24, 2.45) is 5.92 Å². The van der Waals surface area contributed by atoms with Crippen LogP contribution in [0, 0.1) is 5.92 Å². The third kappa shape index (κ3) is 3.12. The molecule has 0 aromatic rings. The minimum Gasteiger partial charge on any atom is -0.477 e. The summed E-state index contributed by atoms with van der Waals surface area (Å²) in [6.45, 7) is 4.14. The van der Waals surface area contributed by atoms with Crippen LogP contribution in [0.3, 0.4) is 0 Å². The van der Waals surface area contributed by atoms with E-state index in [0.29, 0.717) is 24.6 Å². The molecule has 0 aromatic heterocycles. The van der Waals surface area contributed by atoms with Crippen LogP contribution in [0.4, 0.5) is 0 Å². The standard InChI is InChI=1S/C18H26N2O5/c1-9(6-11-4-5-12(19-11)8-25-3)13-7-14-15(10(2)21)17(22)20(14)16(13)18(23)24/h6,10-12,14-15,19,21H,4-5,7-8H2,1-3H3,(H,23,24)/t10-,11?,12?,14-,15-/m1/s1. The molecule has 0 radical (unpaired) electrons. The highest BCUT2D eigenvalue weighted by atomic mass is 16.5. The Morgan fingerprint density at radius 3 is 2.80 bits per heavy atom. The molecule has 138 valence electrons. The van der Waals surface area contributed by atoms with Crippen LogP contribution < -0.4 is 5.32 Å². The number of rotatable bonds is 6. The Balaban J connectivity index is 1.80. The lowest BCUT2D eigenvalue weighted by molar-refractivity contribution is -0.161. The van der Waals surface area contributed by atoms with E-state index in [1.165, 1.54) is 4.90 Å². The number of allylic oxidation sites excluding steroid dienone is 1. The van der Waals surface area contributed by atoms with Gasteiger partial charge in [0.2, 0.25) is 5.91 Å². The lowest BCUT2D eigenvalue weighted by Gasteiger charge is -2.44. The number of nitrogens with one attached hydrogen (secondary N) is 1. The summed E-state index contributed by atoms with van der Waals surface area (Å²) in [5.41, 5.74) is 1.66. The zero-order chi connectivity index (χ0) is 18.3. The molecule has 5 atom stereocenters. The van der Waals surface area contributed by atoms with Crippen molar-refractivity contribution in [3.8, 4) is 0 Å². The van der Waals surface area contributed by atoms with Gasteiger partial charge < -0.3 is 25.2 Å². The topological polar surface area (TPSA) is 99.1 Å². The molecule has 25 heavy (non-hydrogen) atoms. The first-order chi connectivity index (χ1) is 11.8. The van der Waals surface area contributed by atoms with Gasteiger partial charge in [-0.1, -0.05) is 6.08 Å². The van der Waals surface area contributed by atoms with Crippen molar-refractivity contribution < 1.29 is 24.5 Å². The Morgan fingerprint density at radius 1 is 1.48 bits per heavy atom. The third-order valence-electron chi connectivity index (χ3n) is 5.50. The first-order valence-corrected chi connectivity index (χ1v) is 8.76. The zero-order valence-electron chi connectivity index (χ0n) is 14.9.